The Morgan fingerprint density at radius 1 is 1.00 bits per heavy atom. The highest BCUT2D eigenvalue weighted by Crippen LogP contribution is 2.34. The first-order valence-corrected chi connectivity index (χ1v) is 7.24. The molecule has 0 bridgehead atoms. The largest absolute Gasteiger partial charge is 0.394 e. The maximum Gasteiger partial charge on any atom is 0.111 e. The van der Waals surface area contributed by atoms with Gasteiger partial charge in [-0.25, -0.2) is 0 Å². The van der Waals surface area contributed by atoms with Gasteiger partial charge in [-0.15, -0.1) is 23.5 Å². The van der Waals surface area contributed by atoms with E-state index in [1.54, 1.807) is 0 Å². The molecule has 5 nitrogen and oxygen atoms in total. The summed E-state index contributed by atoms with van der Waals surface area (Å²) in [4.78, 5) is 0. The third-order valence-electron chi connectivity index (χ3n) is 2.41. The predicted molar refractivity (Wildman–Crippen MR) is 64.4 cm³/mol. The molecule has 5 N–H and O–H groups in total. The average Bonchev–Trinajstić information content (AvgIpc) is 2.36. The summed E-state index contributed by atoms with van der Waals surface area (Å²) in [5.74, 6) is 1.83. The lowest BCUT2D eigenvalue weighted by molar-refractivity contribution is -0.111. The molecule has 0 aromatic rings. The Hall–Kier alpha value is 0.500. The Kier molecular flexibility index (Phi) is 6.42. The molecular weight excluding hydrogens is 252 g/mol. The number of hydrogen-bond acceptors (Lipinski definition) is 7. The fraction of sp³-hybridized carbons (Fsp3) is 1.00. The normalized spacial score (nSPS) is 26.1. The minimum absolute atomic E-state index is 0.190. The van der Waals surface area contributed by atoms with Crippen molar-refractivity contribution in [3.8, 4) is 0 Å². The third-order valence-corrected chi connectivity index (χ3v) is 5.49. The average molecular weight is 270 g/mol. The van der Waals surface area contributed by atoms with Crippen LogP contribution in [0.2, 0.25) is 0 Å². The molecule has 0 spiro atoms. The van der Waals surface area contributed by atoms with Crippen molar-refractivity contribution in [3.63, 3.8) is 0 Å². The number of aliphatic hydroxyl groups excluding tert-OH is 5. The smallest absolute Gasteiger partial charge is 0.111 e. The summed E-state index contributed by atoms with van der Waals surface area (Å²) < 4.78 is -0.190. The lowest BCUT2D eigenvalue weighted by Crippen LogP contribution is -2.49. The fourth-order valence-corrected chi connectivity index (χ4v) is 4.35. The van der Waals surface area contributed by atoms with E-state index in [4.69, 9.17) is 10.2 Å². The highest BCUT2D eigenvalue weighted by atomic mass is 32.2. The molecule has 1 heterocycles. The zero-order valence-electron chi connectivity index (χ0n) is 8.77. The lowest BCUT2D eigenvalue weighted by atomic mass is 10.0. The quantitative estimate of drug-likeness (QED) is 0.420. The molecule has 1 aliphatic heterocycles. The SMILES string of the molecule is OC[C@@H](O)[C@@H](O)[C@H](O)[C@H](O)C1SCCCS1. The van der Waals surface area contributed by atoms with Gasteiger partial charge < -0.3 is 25.5 Å². The first-order chi connectivity index (χ1) is 7.57. The minimum Gasteiger partial charge on any atom is -0.394 e. The second kappa shape index (κ2) is 7.05. The molecule has 1 fully saturated rings. The van der Waals surface area contributed by atoms with E-state index in [1.807, 2.05) is 0 Å². The Bertz CT molecular complexity index is 194. The molecule has 1 saturated heterocycles. The van der Waals surface area contributed by atoms with Crippen molar-refractivity contribution in [1.82, 2.24) is 0 Å². The number of aliphatic hydroxyl groups is 5. The van der Waals surface area contributed by atoms with Crippen molar-refractivity contribution < 1.29 is 25.5 Å². The zero-order valence-corrected chi connectivity index (χ0v) is 10.4. The summed E-state index contributed by atoms with van der Waals surface area (Å²) in [5.41, 5.74) is 0. The number of rotatable bonds is 5. The molecule has 1 rings (SSSR count). The number of hydrogen-bond donors (Lipinski definition) is 5. The van der Waals surface area contributed by atoms with Crippen molar-refractivity contribution in [2.24, 2.45) is 0 Å². The monoisotopic (exact) mass is 270 g/mol. The van der Waals surface area contributed by atoms with Crippen LogP contribution >= 0.6 is 23.5 Å². The van der Waals surface area contributed by atoms with Gasteiger partial charge in [-0.3, -0.25) is 0 Å². The van der Waals surface area contributed by atoms with E-state index < -0.39 is 31.0 Å². The minimum atomic E-state index is -1.52. The maximum absolute atomic E-state index is 9.81. The summed E-state index contributed by atoms with van der Waals surface area (Å²) in [6.07, 6.45) is -4.43. The van der Waals surface area contributed by atoms with Gasteiger partial charge in [0.2, 0.25) is 0 Å². The van der Waals surface area contributed by atoms with Gasteiger partial charge in [-0.1, -0.05) is 0 Å². The van der Waals surface area contributed by atoms with E-state index >= 15 is 0 Å². The molecule has 0 aliphatic carbocycles. The van der Waals surface area contributed by atoms with Gasteiger partial charge >= 0.3 is 0 Å². The first-order valence-electron chi connectivity index (χ1n) is 5.14. The van der Waals surface area contributed by atoms with Crippen molar-refractivity contribution in [2.75, 3.05) is 18.1 Å². The van der Waals surface area contributed by atoms with E-state index in [0.29, 0.717) is 0 Å². The molecule has 1 aliphatic rings. The topological polar surface area (TPSA) is 101 Å². The molecule has 16 heavy (non-hydrogen) atoms. The van der Waals surface area contributed by atoms with Crippen LogP contribution in [0.15, 0.2) is 0 Å². The van der Waals surface area contributed by atoms with Gasteiger partial charge in [-0.05, 0) is 17.9 Å². The summed E-state index contributed by atoms with van der Waals surface area (Å²) in [6.45, 7) is -0.643. The van der Waals surface area contributed by atoms with Gasteiger partial charge in [0.15, 0.2) is 0 Å². The third kappa shape index (κ3) is 3.76. The van der Waals surface area contributed by atoms with Crippen LogP contribution in [0.3, 0.4) is 0 Å². The molecule has 7 heteroatoms. The van der Waals surface area contributed by atoms with Crippen LogP contribution in [0.25, 0.3) is 0 Å². The van der Waals surface area contributed by atoms with Crippen LogP contribution in [-0.4, -0.2) is 72.6 Å². The second-order valence-electron chi connectivity index (χ2n) is 3.69. The molecule has 0 amide bonds. The zero-order chi connectivity index (χ0) is 12.1. The Labute approximate surface area is 103 Å². The molecule has 0 aromatic heterocycles. The Morgan fingerprint density at radius 3 is 2.06 bits per heavy atom. The molecule has 0 radical (unpaired) electrons. The van der Waals surface area contributed by atoms with Crippen molar-refractivity contribution >= 4 is 23.5 Å². The summed E-state index contributed by atoms with van der Waals surface area (Å²) in [5, 5.41) is 46.7. The molecule has 0 unspecified atom stereocenters. The van der Waals surface area contributed by atoms with Crippen molar-refractivity contribution in [2.45, 2.75) is 35.4 Å². The van der Waals surface area contributed by atoms with Gasteiger partial charge in [0.05, 0.1) is 11.2 Å². The van der Waals surface area contributed by atoms with Crippen LogP contribution in [-0.2, 0) is 0 Å². The summed E-state index contributed by atoms with van der Waals surface area (Å²) in [7, 11) is 0. The van der Waals surface area contributed by atoms with Crippen LogP contribution in [0, 0.1) is 0 Å². The van der Waals surface area contributed by atoms with E-state index in [-0.39, 0.29) is 4.58 Å². The highest BCUT2D eigenvalue weighted by molar-refractivity contribution is 8.17. The van der Waals surface area contributed by atoms with Crippen LogP contribution in [0.1, 0.15) is 6.42 Å². The fourth-order valence-electron chi connectivity index (χ4n) is 1.40. The van der Waals surface area contributed by atoms with Crippen LogP contribution in [0.4, 0.5) is 0 Å². The predicted octanol–water partition coefficient (Wildman–Crippen LogP) is -1.38. The van der Waals surface area contributed by atoms with Gasteiger partial charge in [-0.2, -0.15) is 0 Å². The second-order valence-corrected chi connectivity index (χ2v) is 6.48. The molecular formula is C9H18O5S2. The van der Waals surface area contributed by atoms with E-state index in [0.717, 1.165) is 17.9 Å². The van der Waals surface area contributed by atoms with Gasteiger partial charge in [0.1, 0.15) is 24.4 Å². The standard InChI is InChI=1S/C9H18O5S2/c10-4-5(11)6(12)7(13)8(14)9-15-2-1-3-16-9/h5-14H,1-4H2/t5-,6-,7+,8+/m1/s1. The van der Waals surface area contributed by atoms with Crippen molar-refractivity contribution in [1.29, 1.82) is 0 Å². The first kappa shape index (κ1) is 14.6. The maximum atomic E-state index is 9.81. The Morgan fingerprint density at radius 2 is 1.56 bits per heavy atom. The summed E-state index contributed by atoms with van der Waals surface area (Å²) >= 11 is 3.07. The molecule has 0 aromatic carbocycles. The van der Waals surface area contributed by atoms with Crippen LogP contribution < -0.4 is 0 Å². The van der Waals surface area contributed by atoms with E-state index in [9.17, 15) is 15.3 Å². The lowest BCUT2D eigenvalue weighted by Gasteiger charge is -2.32. The molecule has 0 saturated carbocycles. The molecule has 4 atom stereocenters. The van der Waals surface area contributed by atoms with Crippen LogP contribution in [0.5, 0.6) is 0 Å². The highest BCUT2D eigenvalue weighted by Gasteiger charge is 2.35. The van der Waals surface area contributed by atoms with Gasteiger partial charge in [0.25, 0.3) is 0 Å². The molecule has 96 valence electrons. The number of thioether (sulfide) groups is 2. The van der Waals surface area contributed by atoms with Gasteiger partial charge in [0, 0.05) is 0 Å². The van der Waals surface area contributed by atoms with Crippen molar-refractivity contribution in [3.05, 3.63) is 0 Å². The van der Waals surface area contributed by atoms with E-state index in [2.05, 4.69) is 0 Å². The summed E-state index contributed by atoms with van der Waals surface area (Å²) in [6, 6.07) is 0. The Balaban J connectivity index is 2.47. The van der Waals surface area contributed by atoms with E-state index in [1.165, 1.54) is 23.5 Å².